The Hall–Kier alpha value is -0.460. The van der Waals surface area contributed by atoms with Crippen LogP contribution >= 0.6 is 15.9 Å². The van der Waals surface area contributed by atoms with E-state index in [4.69, 9.17) is 0 Å². The van der Waals surface area contributed by atoms with E-state index >= 15 is 0 Å². The summed E-state index contributed by atoms with van der Waals surface area (Å²) in [6, 6.07) is 3.46. The van der Waals surface area contributed by atoms with E-state index in [2.05, 4.69) is 25.1 Å². The highest BCUT2D eigenvalue weighted by atomic mass is 79.9. The van der Waals surface area contributed by atoms with Crippen LogP contribution in [0.3, 0.4) is 0 Å². The smallest absolute Gasteiger partial charge is 0.264 e. The zero-order valence-corrected chi connectivity index (χ0v) is 9.30. The SMILES string of the molecule is CS(=O)(=O)OCc1ccc(Br)cn1. The number of halogens is 1. The molecule has 0 spiro atoms. The minimum Gasteiger partial charge on any atom is -0.264 e. The first kappa shape index (κ1) is 10.6. The summed E-state index contributed by atoms with van der Waals surface area (Å²) in [5, 5.41) is 0. The standard InChI is InChI=1S/C7H8BrNO3S/c1-13(10,11)12-5-7-3-2-6(8)4-9-7/h2-4H,5H2,1H3. The molecule has 0 saturated carbocycles. The van der Waals surface area contributed by atoms with Crippen LogP contribution in [0.25, 0.3) is 0 Å². The topological polar surface area (TPSA) is 56.3 Å². The maximum atomic E-state index is 10.6. The van der Waals surface area contributed by atoms with Crippen molar-refractivity contribution in [3.63, 3.8) is 0 Å². The van der Waals surface area contributed by atoms with Crippen molar-refractivity contribution in [3.8, 4) is 0 Å². The van der Waals surface area contributed by atoms with E-state index in [1.165, 1.54) is 0 Å². The molecule has 0 atom stereocenters. The first-order valence-electron chi connectivity index (χ1n) is 3.42. The zero-order chi connectivity index (χ0) is 9.90. The Morgan fingerprint density at radius 3 is 2.69 bits per heavy atom. The van der Waals surface area contributed by atoms with Crippen molar-refractivity contribution in [2.75, 3.05) is 6.26 Å². The molecular weight excluding hydrogens is 258 g/mol. The molecule has 0 bridgehead atoms. The molecular formula is C7H8BrNO3S. The van der Waals surface area contributed by atoms with Crippen LogP contribution in [0.5, 0.6) is 0 Å². The van der Waals surface area contributed by atoms with E-state index < -0.39 is 10.1 Å². The average molecular weight is 266 g/mol. The van der Waals surface area contributed by atoms with E-state index in [1.54, 1.807) is 18.3 Å². The van der Waals surface area contributed by atoms with Gasteiger partial charge in [-0.1, -0.05) is 0 Å². The highest BCUT2D eigenvalue weighted by Crippen LogP contribution is 2.08. The second-order valence-electron chi connectivity index (χ2n) is 2.43. The lowest BCUT2D eigenvalue weighted by Crippen LogP contribution is -2.03. The van der Waals surface area contributed by atoms with Gasteiger partial charge in [0.25, 0.3) is 10.1 Å². The summed E-state index contributed by atoms with van der Waals surface area (Å²) in [7, 11) is -3.38. The number of pyridine rings is 1. The van der Waals surface area contributed by atoms with Crippen LogP contribution in [-0.4, -0.2) is 19.7 Å². The van der Waals surface area contributed by atoms with Crippen molar-refractivity contribution in [3.05, 3.63) is 28.5 Å². The lowest BCUT2D eigenvalue weighted by molar-refractivity contribution is 0.307. The van der Waals surface area contributed by atoms with Crippen molar-refractivity contribution < 1.29 is 12.6 Å². The van der Waals surface area contributed by atoms with Crippen molar-refractivity contribution in [1.82, 2.24) is 4.98 Å². The van der Waals surface area contributed by atoms with Gasteiger partial charge in [0, 0.05) is 10.7 Å². The third kappa shape index (κ3) is 4.35. The molecule has 1 aromatic heterocycles. The fraction of sp³-hybridized carbons (Fsp3) is 0.286. The van der Waals surface area contributed by atoms with Crippen LogP contribution in [-0.2, 0) is 20.9 Å². The Labute approximate surface area is 85.2 Å². The van der Waals surface area contributed by atoms with Crippen molar-refractivity contribution in [2.45, 2.75) is 6.61 Å². The lowest BCUT2D eigenvalue weighted by Gasteiger charge is -1.99. The molecule has 0 saturated heterocycles. The zero-order valence-electron chi connectivity index (χ0n) is 6.90. The molecule has 0 N–H and O–H groups in total. The molecule has 1 rings (SSSR count). The molecule has 0 amide bonds. The van der Waals surface area contributed by atoms with Crippen molar-refractivity contribution in [1.29, 1.82) is 0 Å². The van der Waals surface area contributed by atoms with Gasteiger partial charge in [0.1, 0.15) is 6.61 Å². The van der Waals surface area contributed by atoms with Gasteiger partial charge < -0.3 is 0 Å². The summed E-state index contributed by atoms with van der Waals surface area (Å²) in [6.45, 7) is -0.0217. The van der Waals surface area contributed by atoms with Gasteiger partial charge in [0.2, 0.25) is 0 Å². The Morgan fingerprint density at radius 2 is 2.23 bits per heavy atom. The monoisotopic (exact) mass is 265 g/mol. The Bertz CT molecular complexity index is 373. The molecule has 1 heterocycles. The largest absolute Gasteiger partial charge is 0.264 e. The summed E-state index contributed by atoms with van der Waals surface area (Å²) in [5.74, 6) is 0. The first-order chi connectivity index (χ1) is 5.97. The molecule has 0 aliphatic carbocycles. The van der Waals surface area contributed by atoms with Crippen molar-refractivity contribution in [2.24, 2.45) is 0 Å². The first-order valence-corrected chi connectivity index (χ1v) is 6.03. The van der Waals surface area contributed by atoms with Gasteiger partial charge in [-0.3, -0.25) is 9.17 Å². The summed E-state index contributed by atoms with van der Waals surface area (Å²) in [5.41, 5.74) is 0.577. The van der Waals surface area contributed by atoms with E-state index in [1.807, 2.05) is 0 Å². The van der Waals surface area contributed by atoms with Crippen LogP contribution in [0.2, 0.25) is 0 Å². The van der Waals surface area contributed by atoms with E-state index in [0.29, 0.717) is 5.69 Å². The van der Waals surface area contributed by atoms with E-state index in [0.717, 1.165) is 10.7 Å². The molecule has 0 aliphatic rings. The molecule has 13 heavy (non-hydrogen) atoms. The van der Waals surface area contributed by atoms with Gasteiger partial charge in [-0.05, 0) is 28.1 Å². The number of aromatic nitrogens is 1. The Morgan fingerprint density at radius 1 is 1.54 bits per heavy atom. The third-order valence-corrected chi connectivity index (χ3v) is 2.22. The lowest BCUT2D eigenvalue weighted by atomic mass is 10.4. The Balaban J connectivity index is 2.61. The van der Waals surface area contributed by atoms with Gasteiger partial charge in [-0.15, -0.1) is 0 Å². The summed E-state index contributed by atoms with van der Waals surface area (Å²) in [6.07, 6.45) is 2.59. The second-order valence-corrected chi connectivity index (χ2v) is 4.99. The van der Waals surface area contributed by atoms with Crippen LogP contribution in [0.4, 0.5) is 0 Å². The number of nitrogens with zero attached hydrogens (tertiary/aromatic N) is 1. The third-order valence-electron chi connectivity index (χ3n) is 1.21. The summed E-state index contributed by atoms with van der Waals surface area (Å²) >= 11 is 3.21. The molecule has 0 aliphatic heterocycles. The fourth-order valence-electron chi connectivity index (χ4n) is 0.659. The molecule has 6 heteroatoms. The molecule has 1 aromatic rings. The minimum absolute atomic E-state index is 0.0217. The van der Waals surface area contributed by atoms with Gasteiger partial charge in [-0.25, -0.2) is 0 Å². The Kier molecular flexibility index (Phi) is 3.40. The van der Waals surface area contributed by atoms with Crippen LogP contribution < -0.4 is 0 Å². The van der Waals surface area contributed by atoms with E-state index in [9.17, 15) is 8.42 Å². The molecule has 0 radical (unpaired) electrons. The van der Waals surface area contributed by atoms with Crippen LogP contribution in [0.15, 0.2) is 22.8 Å². The van der Waals surface area contributed by atoms with E-state index in [-0.39, 0.29) is 6.61 Å². The molecule has 72 valence electrons. The van der Waals surface area contributed by atoms with Gasteiger partial charge >= 0.3 is 0 Å². The van der Waals surface area contributed by atoms with Gasteiger partial charge in [0.15, 0.2) is 0 Å². The second kappa shape index (κ2) is 4.17. The normalized spacial score (nSPS) is 11.5. The molecule has 0 aromatic carbocycles. The number of hydrogen-bond acceptors (Lipinski definition) is 4. The number of hydrogen-bond donors (Lipinski definition) is 0. The number of rotatable bonds is 3. The van der Waals surface area contributed by atoms with Crippen LogP contribution in [0, 0.1) is 0 Å². The minimum atomic E-state index is -3.38. The van der Waals surface area contributed by atoms with Gasteiger partial charge in [-0.2, -0.15) is 8.42 Å². The quantitative estimate of drug-likeness (QED) is 0.774. The van der Waals surface area contributed by atoms with Gasteiger partial charge in [0.05, 0.1) is 11.9 Å². The fourth-order valence-corrected chi connectivity index (χ4v) is 1.23. The highest BCUT2D eigenvalue weighted by Gasteiger charge is 2.02. The predicted octanol–water partition coefficient (Wildman–Crippen LogP) is 1.32. The predicted molar refractivity (Wildman–Crippen MR) is 51.6 cm³/mol. The maximum absolute atomic E-state index is 10.6. The highest BCUT2D eigenvalue weighted by molar-refractivity contribution is 9.10. The molecule has 0 unspecified atom stereocenters. The molecule has 0 fully saturated rings. The average Bonchev–Trinajstić information content (AvgIpc) is 2.02. The summed E-state index contributed by atoms with van der Waals surface area (Å²) < 4.78 is 26.6. The molecule has 4 nitrogen and oxygen atoms in total. The summed E-state index contributed by atoms with van der Waals surface area (Å²) in [4.78, 5) is 3.95. The van der Waals surface area contributed by atoms with Crippen molar-refractivity contribution >= 4 is 26.0 Å². The maximum Gasteiger partial charge on any atom is 0.264 e. The van der Waals surface area contributed by atoms with Crippen LogP contribution in [0.1, 0.15) is 5.69 Å².